The first kappa shape index (κ1) is 14.3. The molecular weight excluding hydrogens is 234 g/mol. The van der Waals surface area contributed by atoms with Gasteiger partial charge in [0, 0.05) is 5.56 Å². The van der Waals surface area contributed by atoms with Gasteiger partial charge in [0.05, 0.1) is 20.8 Å². The summed E-state index contributed by atoms with van der Waals surface area (Å²) in [6.07, 6.45) is 2.05. The van der Waals surface area contributed by atoms with Crippen LogP contribution in [-0.2, 0) is 4.84 Å². The summed E-state index contributed by atoms with van der Waals surface area (Å²) in [7, 11) is 2.93. The number of nitrogens with one attached hydrogen (secondary N) is 1. The van der Waals surface area contributed by atoms with Gasteiger partial charge in [0.2, 0.25) is 0 Å². The Hall–Kier alpha value is -1.75. The van der Waals surface area contributed by atoms with E-state index < -0.39 is 0 Å². The molecule has 0 aliphatic rings. The van der Waals surface area contributed by atoms with E-state index in [1.807, 2.05) is 0 Å². The second kappa shape index (κ2) is 7.55. The molecule has 0 aromatic heterocycles. The van der Waals surface area contributed by atoms with Crippen LogP contribution >= 0.6 is 0 Å². The molecule has 0 atom stereocenters. The number of ether oxygens (including phenoxy) is 2. The molecule has 1 amide bonds. The Bertz CT molecular complexity index is 393. The lowest BCUT2D eigenvalue weighted by molar-refractivity contribution is 0.0537. The molecule has 1 aromatic carbocycles. The van der Waals surface area contributed by atoms with Crippen molar-refractivity contribution in [3.8, 4) is 11.5 Å². The van der Waals surface area contributed by atoms with Crippen molar-refractivity contribution in [2.45, 2.75) is 19.8 Å². The van der Waals surface area contributed by atoms with Gasteiger partial charge in [0.25, 0.3) is 5.91 Å². The minimum atomic E-state index is -0.323. The van der Waals surface area contributed by atoms with Gasteiger partial charge < -0.3 is 9.47 Å². The van der Waals surface area contributed by atoms with E-state index in [0.717, 1.165) is 12.8 Å². The van der Waals surface area contributed by atoms with Gasteiger partial charge in [0.1, 0.15) is 0 Å². The summed E-state index contributed by atoms with van der Waals surface area (Å²) in [4.78, 5) is 16.1. The zero-order valence-corrected chi connectivity index (χ0v) is 11.0. The van der Waals surface area contributed by atoms with Gasteiger partial charge >= 0.3 is 0 Å². The lowest BCUT2D eigenvalue weighted by Gasteiger charge is -2.11. The van der Waals surface area contributed by atoms with Gasteiger partial charge in [-0.2, -0.15) is 0 Å². The third-order valence-electron chi connectivity index (χ3n) is 2.38. The quantitative estimate of drug-likeness (QED) is 0.597. The Morgan fingerprint density at radius 1 is 1.28 bits per heavy atom. The molecule has 0 saturated carbocycles. The standard InChI is InChI=1S/C13H19NO4/c1-4-5-8-18-11-7-6-10(9-12(11)16-2)13(15)14-17-3/h6-7,9H,4-5,8H2,1-3H3,(H,14,15). The van der Waals surface area contributed by atoms with Crippen LogP contribution in [0.5, 0.6) is 11.5 Å². The summed E-state index contributed by atoms with van der Waals surface area (Å²) < 4.78 is 10.8. The molecule has 5 nitrogen and oxygen atoms in total. The van der Waals surface area contributed by atoms with E-state index in [0.29, 0.717) is 23.7 Å². The minimum absolute atomic E-state index is 0.323. The van der Waals surface area contributed by atoms with Crippen molar-refractivity contribution in [1.82, 2.24) is 5.48 Å². The smallest absolute Gasteiger partial charge is 0.274 e. The third kappa shape index (κ3) is 3.92. The Morgan fingerprint density at radius 3 is 2.67 bits per heavy atom. The fraction of sp³-hybridized carbons (Fsp3) is 0.462. The molecule has 0 fully saturated rings. The van der Waals surface area contributed by atoms with Crippen LogP contribution < -0.4 is 15.0 Å². The Labute approximate surface area is 107 Å². The number of methoxy groups -OCH3 is 1. The fourth-order valence-electron chi connectivity index (χ4n) is 1.41. The van der Waals surface area contributed by atoms with Gasteiger partial charge in [0.15, 0.2) is 11.5 Å². The first-order chi connectivity index (χ1) is 8.72. The molecule has 0 bridgehead atoms. The molecular formula is C13H19NO4. The lowest BCUT2D eigenvalue weighted by Crippen LogP contribution is -2.21. The van der Waals surface area contributed by atoms with Gasteiger partial charge in [-0.1, -0.05) is 13.3 Å². The van der Waals surface area contributed by atoms with E-state index in [1.165, 1.54) is 7.11 Å². The number of benzene rings is 1. The number of hydrogen-bond acceptors (Lipinski definition) is 4. The zero-order valence-electron chi connectivity index (χ0n) is 11.0. The lowest BCUT2D eigenvalue weighted by atomic mass is 10.2. The van der Waals surface area contributed by atoms with Crippen LogP contribution in [-0.4, -0.2) is 26.7 Å². The molecule has 0 spiro atoms. The molecule has 0 heterocycles. The molecule has 0 aliphatic heterocycles. The third-order valence-corrected chi connectivity index (χ3v) is 2.38. The van der Waals surface area contributed by atoms with Gasteiger partial charge in [-0.25, -0.2) is 5.48 Å². The number of hydrogen-bond donors (Lipinski definition) is 1. The number of rotatable bonds is 7. The van der Waals surface area contributed by atoms with Gasteiger partial charge in [-0.05, 0) is 24.6 Å². The Balaban J connectivity index is 2.79. The molecule has 100 valence electrons. The van der Waals surface area contributed by atoms with Crippen LogP contribution in [0, 0.1) is 0 Å². The van der Waals surface area contributed by atoms with Crippen LogP contribution in [0.15, 0.2) is 18.2 Å². The number of amides is 1. The Morgan fingerprint density at radius 2 is 2.06 bits per heavy atom. The highest BCUT2D eigenvalue weighted by molar-refractivity contribution is 5.94. The molecule has 1 aromatic rings. The van der Waals surface area contributed by atoms with Crippen molar-refractivity contribution in [2.75, 3.05) is 20.8 Å². The second-order valence-electron chi connectivity index (χ2n) is 3.70. The van der Waals surface area contributed by atoms with Crippen molar-refractivity contribution in [3.05, 3.63) is 23.8 Å². The molecule has 0 unspecified atom stereocenters. The van der Waals surface area contributed by atoms with Gasteiger partial charge in [-0.15, -0.1) is 0 Å². The maximum absolute atomic E-state index is 11.6. The highest BCUT2D eigenvalue weighted by atomic mass is 16.6. The van der Waals surface area contributed by atoms with Crippen molar-refractivity contribution < 1.29 is 19.1 Å². The predicted molar refractivity (Wildman–Crippen MR) is 67.9 cm³/mol. The number of unbranched alkanes of at least 4 members (excludes halogenated alkanes) is 1. The maximum atomic E-state index is 11.6. The number of carbonyl (C=O) groups excluding carboxylic acids is 1. The Kier molecular flexibility index (Phi) is 6.00. The van der Waals surface area contributed by atoms with E-state index in [2.05, 4.69) is 17.2 Å². The van der Waals surface area contributed by atoms with Crippen LogP contribution in [0.1, 0.15) is 30.1 Å². The molecule has 0 radical (unpaired) electrons. The average molecular weight is 253 g/mol. The SMILES string of the molecule is CCCCOc1ccc(C(=O)NOC)cc1OC. The summed E-state index contributed by atoms with van der Waals surface area (Å²) >= 11 is 0. The highest BCUT2D eigenvalue weighted by Gasteiger charge is 2.10. The second-order valence-corrected chi connectivity index (χ2v) is 3.70. The van der Waals surface area contributed by atoms with Crippen LogP contribution in [0.25, 0.3) is 0 Å². The molecule has 18 heavy (non-hydrogen) atoms. The van der Waals surface area contributed by atoms with E-state index in [1.54, 1.807) is 25.3 Å². The molecule has 5 heteroatoms. The van der Waals surface area contributed by atoms with Crippen molar-refractivity contribution >= 4 is 5.91 Å². The normalized spacial score (nSPS) is 9.94. The van der Waals surface area contributed by atoms with Gasteiger partial charge in [-0.3, -0.25) is 9.63 Å². The first-order valence-electron chi connectivity index (χ1n) is 5.87. The summed E-state index contributed by atoms with van der Waals surface area (Å²) in [6, 6.07) is 5.01. The van der Waals surface area contributed by atoms with Crippen LogP contribution in [0.4, 0.5) is 0 Å². The van der Waals surface area contributed by atoms with E-state index in [-0.39, 0.29) is 5.91 Å². The van der Waals surface area contributed by atoms with Crippen molar-refractivity contribution in [3.63, 3.8) is 0 Å². The minimum Gasteiger partial charge on any atom is -0.493 e. The molecule has 0 saturated heterocycles. The summed E-state index contributed by atoms with van der Waals surface area (Å²) in [5, 5.41) is 0. The van der Waals surface area contributed by atoms with Crippen molar-refractivity contribution in [2.24, 2.45) is 0 Å². The molecule has 1 N–H and O–H groups in total. The van der Waals surface area contributed by atoms with E-state index in [4.69, 9.17) is 9.47 Å². The largest absolute Gasteiger partial charge is 0.493 e. The highest BCUT2D eigenvalue weighted by Crippen LogP contribution is 2.28. The van der Waals surface area contributed by atoms with Crippen LogP contribution in [0.2, 0.25) is 0 Å². The summed E-state index contributed by atoms with van der Waals surface area (Å²) in [6.45, 7) is 2.73. The summed E-state index contributed by atoms with van der Waals surface area (Å²) in [5.41, 5.74) is 2.70. The predicted octanol–water partition coefficient (Wildman–Crippen LogP) is 2.17. The maximum Gasteiger partial charge on any atom is 0.274 e. The zero-order chi connectivity index (χ0) is 13.4. The summed E-state index contributed by atoms with van der Waals surface area (Å²) in [5.74, 6) is 0.852. The number of hydroxylamine groups is 1. The molecule has 0 aliphatic carbocycles. The van der Waals surface area contributed by atoms with Crippen LogP contribution in [0.3, 0.4) is 0 Å². The average Bonchev–Trinajstić information content (AvgIpc) is 2.39. The van der Waals surface area contributed by atoms with E-state index >= 15 is 0 Å². The molecule has 1 rings (SSSR count). The first-order valence-corrected chi connectivity index (χ1v) is 5.87. The van der Waals surface area contributed by atoms with E-state index in [9.17, 15) is 4.79 Å². The topological polar surface area (TPSA) is 56.8 Å². The fourth-order valence-corrected chi connectivity index (χ4v) is 1.41. The number of carbonyl (C=O) groups is 1. The monoisotopic (exact) mass is 253 g/mol. The van der Waals surface area contributed by atoms with Crippen molar-refractivity contribution in [1.29, 1.82) is 0 Å².